The van der Waals surface area contributed by atoms with Crippen molar-refractivity contribution in [2.45, 2.75) is 12.7 Å². The summed E-state index contributed by atoms with van der Waals surface area (Å²) in [7, 11) is -3.07. The van der Waals surface area contributed by atoms with Crippen molar-refractivity contribution in [1.29, 1.82) is 0 Å². The molecular weight excluding hydrogens is 236 g/mol. The van der Waals surface area contributed by atoms with Crippen molar-refractivity contribution in [2.75, 3.05) is 6.26 Å². The molecule has 0 radical (unpaired) electrons. The fourth-order valence-corrected chi connectivity index (χ4v) is 2.36. The monoisotopic (exact) mass is 246 g/mol. The number of rotatable bonds is 3. The van der Waals surface area contributed by atoms with Crippen molar-refractivity contribution in [3.8, 4) is 0 Å². The van der Waals surface area contributed by atoms with Crippen LogP contribution < -0.4 is 0 Å². The zero-order valence-electron chi connectivity index (χ0n) is 8.45. The number of ketones is 1. The summed E-state index contributed by atoms with van der Waals surface area (Å²) in [6.45, 7) is 1.41. The van der Waals surface area contributed by atoms with Crippen LogP contribution in [0.3, 0.4) is 0 Å². The van der Waals surface area contributed by atoms with E-state index in [1.807, 2.05) is 0 Å². The molecule has 0 fully saturated rings. The van der Waals surface area contributed by atoms with Crippen LogP contribution in [0.25, 0.3) is 0 Å². The first-order chi connectivity index (χ1) is 6.79. The standard InChI is InChI=1S/C10H11ClO3S/c1-7(12)9-4-3-8(5-10(9)11)6-15(2,13)14/h3-5H,6H2,1-2H3. The highest BCUT2D eigenvalue weighted by Crippen LogP contribution is 2.19. The van der Waals surface area contributed by atoms with E-state index in [0.717, 1.165) is 6.26 Å². The molecule has 0 aromatic heterocycles. The van der Waals surface area contributed by atoms with E-state index in [-0.39, 0.29) is 11.5 Å². The molecule has 1 aromatic carbocycles. The second-order valence-corrected chi connectivity index (χ2v) is 5.99. The molecule has 0 spiro atoms. The molecule has 0 unspecified atom stereocenters. The third kappa shape index (κ3) is 3.64. The number of benzene rings is 1. The van der Waals surface area contributed by atoms with Crippen LogP contribution in [0.5, 0.6) is 0 Å². The summed E-state index contributed by atoms with van der Waals surface area (Å²) in [4.78, 5) is 11.1. The van der Waals surface area contributed by atoms with Crippen LogP contribution in [0.1, 0.15) is 22.8 Å². The van der Waals surface area contributed by atoms with Crippen molar-refractivity contribution < 1.29 is 13.2 Å². The van der Waals surface area contributed by atoms with Crippen LogP contribution in [-0.2, 0) is 15.6 Å². The quantitative estimate of drug-likeness (QED) is 0.768. The lowest BCUT2D eigenvalue weighted by molar-refractivity contribution is 0.101. The molecule has 0 bridgehead atoms. The lowest BCUT2D eigenvalue weighted by atomic mass is 10.1. The first-order valence-electron chi connectivity index (χ1n) is 4.26. The normalized spacial score (nSPS) is 11.4. The van der Waals surface area contributed by atoms with Gasteiger partial charge in [-0.1, -0.05) is 17.7 Å². The first-order valence-corrected chi connectivity index (χ1v) is 6.70. The smallest absolute Gasteiger partial charge is 0.161 e. The molecule has 0 aliphatic carbocycles. The van der Waals surface area contributed by atoms with Gasteiger partial charge in [-0.25, -0.2) is 8.42 Å². The van der Waals surface area contributed by atoms with E-state index in [1.54, 1.807) is 12.1 Å². The van der Waals surface area contributed by atoms with Crippen molar-refractivity contribution in [3.63, 3.8) is 0 Å². The summed E-state index contributed by atoms with van der Waals surface area (Å²) in [6, 6.07) is 4.66. The van der Waals surface area contributed by atoms with E-state index in [9.17, 15) is 13.2 Å². The van der Waals surface area contributed by atoms with E-state index in [4.69, 9.17) is 11.6 Å². The Labute approximate surface area is 94.0 Å². The molecule has 0 saturated carbocycles. The van der Waals surface area contributed by atoms with E-state index in [0.29, 0.717) is 16.1 Å². The van der Waals surface area contributed by atoms with E-state index < -0.39 is 9.84 Å². The molecule has 0 amide bonds. The summed E-state index contributed by atoms with van der Waals surface area (Å²) in [5, 5.41) is 0.295. The number of carbonyl (C=O) groups is 1. The second kappa shape index (κ2) is 4.33. The molecule has 5 heteroatoms. The van der Waals surface area contributed by atoms with Gasteiger partial charge in [0.15, 0.2) is 15.6 Å². The first kappa shape index (κ1) is 12.2. The van der Waals surface area contributed by atoms with Gasteiger partial charge < -0.3 is 0 Å². The number of Topliss-reactive ketones (excluding diaryl/α,β-unsaturated/α-hetero) is 1. The molecular formula is C10H11ClO3S. The minimum Gasteiger partial charge on any atom is -0.294 e. The van der Waals surface area contributed by atoms with Gasteiger partial charge in [-0.2, -0.15) is 0 Å². The molecule has 0 saturated heterocycles. The Morgan fingerprint density at radius 3 is 2.40 bits per heavy atom. The maximum atomic E-state index is 11.1. The van der Waals surface area contributed by atoms with Crippen LogP contribution in [0.15, 0.2) is 18.2 Å². The molecule has 0 aliphatic heterocycles. The highest BCUT2D eigenvalue weighted by atomic mass is 35.5. The predicted molar refractivity (Wildman–Crippen MR) is 60.0 cm³/mol. The Hall–Kier alpha value is -0.870. The van der Waals surface area contributed by atoms with Gasteiger partial charge >= 0.3 is 0 Å². The van der Waals surface area contributed by atoms with Gasteiger partial charge in [0.25, 0.3) is 0 Å². The summed E-state index contributed by atoms with van der Waals surface area (Å²) in [5.74, 6) is -0.198. The molecule has 82 valence electrons. The zero-order chi connectivity index (χ0) is 11.6. The van der Waals surface area contributed by atoms with E-state index in [1.165, 1.54) is 13.0 Å². The zero-order valence-corrected chi connectivity index (χ0v) is 10.0. The number of halogens is 1. The number of hydrogen-bond acceptors (Lipinski definition) is 3. The predicted octanol–water partition coefficient (Wildman–Crippen LogP) is 2.09. The molecule has 1 rings (SSSR count). The topological polar surface area (TPSA) is 51.2 Å². The van der Waals surface area contributed by atoms with Gasteiger partial charge in [-0.15, -0.1) is 0 Å². The maximum absolute atomic E-state index is 11.1. The van der Waals surface area contributed by atoms with E-state index in [2.05, 4.69) is 0 Å². The minimum absolute atomic E-state index is 0.0646. The van der Waals surface area contributed by atoms with Crippen LogP contribution in [-0.4, -0.2) is 20.5 Å². The average Bonchev–Trinajstić information content (AvgIpc) is 1.99. The Balaban J connectivity index is 3.07. The average molecular weight is 247 g/mol. The van der Waals surface area contributed by atoms with E-state index >= 15 is 0 Å². The van der Waals surface area contributed by atoms with Gasteiger partial charge in [0, 0.05) is 11.8 Å². The number of sulfone groups is 1. The third-order valence-electron chi connectivity index (χ3n) is 1.84. The van der Waals surface area contributed by atoms with Gasteiger partial charge in [-0.3, -0.25) is 4.79 Å². The van der Waals surface area contributed by atoms with Crippen LogP contribution in [0, 0.1) is 0 Å². The largest absolute Gasteiger partial charge is 0.294 e. The Morgan fingerprint density at radius 1 is 1.40 bits per heavy atom. The van der Waals surface area contributed by atoms with Crippen LogP contribution in [0.2, 0.25) is 5.02 Å². The lowest BCUT2D eigenvalue weighted by Crippen LogP contribution is -2.02. The van der Waals surface area contributed by atoms with Crippen LogP contribution in [0.4, 0.5) is 0 Å². The van der Waals surface area contributed by atoms with Crippen molar-refractivity contribution >= 4 is 27.2 Å². The highest BCUT2D eigenvalue weighted by molar-refractivity contribution is 7.89. The molecule has 0 aliphatic rings. The Bertz CT molecular complexity index is 491. The SMILES string of the molecule is CC(=O)c1ccc(CS(C)(=O)=O)cc1Cl. The fourth-order valence-electron chi connectivity index (χ4n) is 1.24. The maximum Gasteiger partial charge on any atom is 0.161 e. The molecule has 3 nitrogen and oxygen atoms in total. The van der Waals surface area contributed by atoms with Gasteiger partial charge in [0.1, 0.15) is 0 Å². The minimum atomic E-state index is -3.07. The fraction of sp³-hybridized carbons (Fsp3) is 0.300. The highest BCUT2D eigenvalue weighted by Gasteiger charge is 2.09. The summed E-state index contributed by atoms with van der Waals surface area (Å²) in [5.41, 5.74) is 1.00. The number of carbonyl (C=O) groups excluding carboxylic acids is 1. The lowest BCUT2D eigenvalue weighted by Gasteiger charge is -2.03. The molecule has 15 heavy (non-hydrogen) atoms. The second-order valence-electron chi connectivity index (χ2n) is 3.44. The van der Waals surface area contributed by atoms with Gasteiger partial charge in [0.2, 0.25) is 0 Å². The molecule has 0 heterocycles. The Morgan fingerprint density at radius 2 is 2.00 bits per heavy atom. The summed E-state index contributed by atoms with van der Waals surface area (Å²) >= 11 is 5.84. The molecule has 0 atom stereocenters. The van der Waals surface area contributed by atoms with Gasteiger partial charge in [0.05, 0.1) is 10.8 Å². The van der Waals surface area contributed by atoms with Crippen molar-refractivity contribution in [2.24, 2.45) is 0 Å². The number of hydrogen-bond donors (Lipinski definition) is 0. The van der Waals surface area contributed by atoms with Crippen LogP contribution >= 0.6 is 11.6 Å². The van der Waals surface area contributed by atoms with Crippen molar-refractivity contribution in [3.05, 3.63) is 34.3 Å². The molecule has 0 N–H and O–H groups in total. The summed E-state index contributed by atoms with van der Waals surface area (Å²) in [6.07, 6.45) is 1.15. The Kier molecular flexibility index (Phi) is 3.52. The third-order valence-corrected chi connectivity index (χ3v) is 3.01. The molecule has 1 aromatic rings. The van der Waals surface area contributed by atoms with Crippen molar-refractivity contribution in [1.82, 2.24) is 0 Å². The summed E-state index contributed by atoms with van der Waals surface area (Å²) < 4.78 is 22.0. The van der Waals surface area contributed by atoms with Gasteiger partial charge in [-0.05, 0) is 24.6 Å².